The van der Waals surface area contributed by atoms with Crippen molar-refractivity contribution in [2.24, 2.45) is 17.3 Å². The van der Waals surface area contributed by atoms with Gasteiger partial charge in [-0.3, -0.25) is 4.79 Å². The molecule has 0 aromatic rings. The summed E-state index contributed by atoms with van der Waals surface area (Å²) in [4.78, 5) is 11.5. The molecule has 0 heterocycles. The standard InChI is InChI=1S/C12H21BrO/c1-12(2,3)10-6-4-9(5-7-10)11(14)8-13/h9-10H,4-8H2,1-3H3. The van der Waals surface area contributed by atoms with E-state index in [4.69, 9.17) is 0 Å². The van der Waals surface area contributed by atoms with Gasteiger partial charge in [-0.2, -0.15) is 0 Å². The molecule has 82 valence electrons. The number of rotatable bonds is 2. The summed E-state index contributed by atoms with van der Waals surface area (Å²) in [5.74, 6) is 1.55. The average Bonchev–Trinajstić information content (AvgIpc) is 2.15. The van der Waals surface area contributed by atoms with Gasteiger partial charge in [-0.25, -0.2) is 0 Å². The summed E-state index contributed by atoms with van der Waals surface area (Å²) < 4.78 is 0. The molecule has 0 saturated heterocycles. The van der Waals surface area contributed by atoms with Gasteiger partial charge in [0.25, 0.3) is 0 Å². The second kappa shape index (κ2) is 4.78. The predicted molar refractivity (Wildman–Crippen MR) is 63.7 cm³/mol. The Bertz CT molecular complexity index is 197. The fourth-order valence-electron chi connectivity index (χ4n) is 2.39. The van der Waals surface area contributed by atoms with Crippen LogP contribution in [0.2, 0.25) is 0 Å². The highest BCUT2D eigenvalue weighted by atomic mass is 79.9. The molecule has 0 aromatic heterocycles. The quantitative estimate of drug-likeness (QED) is 0.691. The van der Waals surface area contributed by atoms with E-state index in [1.54, 1.807) is 0 Å². The van der Waals surface area contributed by atoms with Gasteiger partial charge in [0.1, 0.15) is 5.78 Å². The normalized spacial score (nSPS) is 28.9. The van der Waals surface area contributed by atoms with Crippen LogP contribution in [0.5, 0.6) is 0 Å². The van der Waals surface area contributed by atoms with Crippen molar-refractivity contribution in [3.8, 4) is 0 Å². The fourth-order valence-corrected chi connectivity index (χ4v) is 2.85. The topological polar surface area (TPSA) is 17.1 Å². The van der Waals surface area contributed by atoms with Crippen molar-refractivity contribution in [2.75, 3.05) is 5.33 Å². The zero-order valence-corrected chi connectivity index (χ0v) is 11.1. The Hall–Kier alpha value is 0.150. The van der Waals surface area contributed by atoms with E-state index in [9.17, 15) is 4.79 Å². The molecule has 1 rings (SSSR count). The molecule has 1 aliphatic carbocycles. The van der Waals surface area contributed by atoms with Crippen LogP contribution < -0.4 is 0 Å². The third-order valence-corrected chi connectivity index (χ3v) is 4.09. The van der Waals surface area contributed by atoms with Crippen molar-refractivity contribution >= 4 is 21.7 Å². The van der Waals surface area contributed by atoms with E-state index < -0.39 is 0 Å². The van der Waals surface area contributed by atoms with Crippen molar-refractivity contribution in [1.82, 2.24) is 0 Å². The molecule has 2 heteroatoms. The van der Waals surface area contributed by atoms with E-state index in [0.717, 1.165) is 18.8 Å². The number of carbonyl (C=O) groups is 1. The molecule has 1 fully saturated rings. The Morgan fingerprint density at radius 2 is 1.71 bits per heavy atom. The first-order valence-electron chi connectivity index (χ1n) is 5.54. The molecule has 14 heavy (non-hydrogen) atoms. The summed E-state index contributed by atoms with van der Waals surface area (Å²) in [7, 11) is 0. The maximum Gasteiger partial charge on any atom is 0.146 e. The number of ketones is 1. The third kappa shape index (κ3) is 3.08. The molecule has 0 aliphatic heterocycles. The Morgan fingerprint density at radius 3 is 2.07 bits per heavy atom. The Balaban J connectivity index is 2.43. The van der Waals surface area contributed by atoms with E-state index >= 15 is 0 Å². The lowest BCUT2D eigenvalue weighted by Gasteiger charge is -2.36. The zero-order valence-electron chi connectivity index (χ0n) is 9.48. The van der Waals surface area contributed by atoms with Crippen LogP contribution in [0.25, 0.3) is 0 Å². The zero-order chi connectivity index (χ0) is 10.8. The van der Waals surface area contributed by atoms with E-state index in [0.29, 0.717) is 22.4 Å². The van der Waals surface area contributed by atoms with Crippen LogP contribution in [-0.4, -0.2) is 11.1 Å². The van der Waals surface area contributed by atoms with Crippen molar-refractivity contribution in [3.05, 3.63) is 0 Å². The van der Waals surface area contributed by atoms with Crippen LogP contribution in [0.15, 0.2) is 0 Å². The molecule has 1 aliphatic rings. The maximum atomic E-state index is 11.5. The summed E-state index contributed by atoms with van der Waals surface area (Å²) in [6.07, 6.45) is 4.67. The van der Waals surface area contributed by atoms with Gasteiger partial charge in [-0.15, -0.1) is 0 Å². The first-order chi connectivity index (χ1) is 6.45. The number of halogens is 1. The lowest BCUT2D eigenvalue weighted by molar-refractivity contribution is -0.121. The first-order valence-corrected chi connectivity index (χ1v) is 6.66. The summed E-state index contributed by atoms with van der Waals surface area (Å²) in [5, 5.41) is 0.540. The summed E-state index contributed by atoms with van der Waals surface area (Å²) >= 11 is 3.26. The van der Waals surface area contributed by atoms with Gasteiger partial charge in [0.15, 0.2) is 0 Å². The smallest absolute Gasteiger partial charge is 0.146 e. The largest absolute Gasteiger partial charge is 0.298 e. The van der Waals surface area contributed by atoms with Gasteiger partial charge in [0, 0.05) is 5.92 Å². The molecule has 0 spiro atoms. The van der Waals surface area contributed by atoms with Crippen molar-refractivity contribution in [2.45, 2.75) is 46.5 Å². The van der Waals surface area contributed by atoms with Gasteiger partial charge < -0.3 is 0 Å². The molecule has 0 amide bonds. The minimum Gasteiger partial charge on any atom is -0.298 e. The second-order valence-electron chi connectivity index (χ2n) is 5.51. The molecular formula is C12H21BrO. The highest BCUT2D eigenvalue weighted by molar-refractivity contribution is 9.09. The minimum atomic E-state index is 0.341. The van der Waals surface area contributed by atoms with Crippen LogP contribution in [0.4, 0.5) is 0 Å². The number of Topliss-reactive ketones (excluding diaryl/α,β-unsaturated/α-hetero) is 1. The van der Waals surface area contributed by atoms with Crippen LogP contribution in [-0.2, 0) is 4.79 Å². The van der Waals surface area contributed by atoms with Crippen molar-refractivity contribution < 1.29 is 4.79 Å². The van der Waals surface area contributed by atoms with E-state index in [1.807, 2.05) is 0 Å². The molecule has 1 saturated carbocycles. The predicted octanol–water partition coefficient (Wildman–Crippen LogP) is 3.80. The SMILES string of the molecule is CC(C)(C)C1CCC(C(=O)CBr)CC1. The Morgan fingerprint density at radius 1 is 1.21 bits per heavy atom. The minimum absolute atomic E-state index is 0.341. The summed E-state index contributed by atoms with van der Waals surface area (Å²) in [5.41, 5.74) is 0.419. The molecule has 1 nitrogen and oxygen atoms in total. The van der Waals surface area contributed by atoms with Crippen LogP contribution in [0.3, 0.4) is 0 Å². The number of hydrogen-bond donors (Lipinski definition) is 0. The van der Waals surface area contributed by atoms with Crippen LogP contribution in [0, 0.1) is 17.3 Å². The van der Waals surface area contributed by atoms with Gasteiger partial charge in [-0.1, -0.05) is 36.7 Å². The molecule has 0 bridgehead atoms. The van der Waals surface area contributed by atoms with Gasteiger partial charge in [-0.05, 0) is 37.0 Å². The molecule has 0 aromatic carbocycles. The van der Waals surface area contributed by atoms with Crippen LogP contribution >= 0.6 is 15.9 Å². The van der Waals surface area contributed by atoms with Crippen molar-refractivity contribution in [1.29, 1.82) is 0 Å². The van der Waals surface area contributed by atoms with Gasteiger partial charge >= 0.3 is 0 Å². The highest BCUT2D eigenvalue weighted by Crippen LogP contribution is 2.40. The average molecular weight is 261 g/mol. The monoisotopic (exact) mass is 260 g/mol. The molecule has 0 N–H and O–H groups in total. The fraction of sp³-hybridized carbons (Fsp3) is 0.917. The number of hydrogen-bond acceptors (Lipinski definition) is 1. The Kier molecular flexibility index (Phi) is 4.17. The van der Waals surface area contributed by atoms with E-state index in [2.05, 4.69) is 36.7 Å². The molecule has 0 radical (unpaired) electrons. The first kappa shape index (κ1) is 12.2. The summed E-state index contributed by atoms with van der Waals surface area (Å²) in [6, 6.07) is 0. The number of carbonyl (C=O) groups excluding carboxylic acids is 1. The lowest BCUT2D eigenvalue weighted by atomic mass is 9.69. The molecular weight excluding hydrogens is 240 g/mol. The summed E-state index contributed by atoms with van der Waals surface area (Å²) in [6.45, 7) is 6.93. The van der Waals surface area contributed by atoms with E-state index in [-0.39, 0.29) is 0 Å². The van der Waals surface area contributed by atoms with Crippen LogP contribution in [0.1, 0.15) is 46.5 Å². The number of alkyl halides is 1. The van der Waals surface area contributed by atoms with Gasteiger partial charge in [0.2, 0.25) is 0 Å². The molecule has 0 unspecified atom stereocenters. The van der Waals surface area contributed by atoms with E-state index in [1.165, 1.54) is 12.8 Å². The second-order valence-corrected chi connectivity index (χ2v) is 6.08. The lowest BCUT2D eigenvalue weighted by Crippen LogP contribution is -2.29. The highest BCUT2D eigenvalue weighted by Gasteiger charge is 2.31. The molecule has 0 atom stereocenters. The Labute approximate surface area is 95.8 Å². The van der Waals surface area contributed by atoms with Crippen molar-refractivity contribution in [3.63, 3.8) is 0 Å². The van der Waals surface area contributed by atoms with Gasteiger partial charge in [0.05, 0.1) is 5.33 Å². The maximum absolute atomic E-state index is 11.5. The third-order valence-electron chi connectivity index (χ3n) is 3.54.